The molecule has 1 amide bonds. The molecule has 0 aliphatic heterocycles. The molecule has 1 heterocycles. The first-order valence-corrected chi connectivity index (χ1v) is 11.6. The van der Waals surface area contributed by atoms with Crippen LogP contribution in [0.4, 0.5) is 26.3 Å². The lowest BCUT2D eigenvalue weighted by Gasteiger charge is -2.50. The molecule has 1 aromatic rings. The van der Waals surface area contributed by atoms with Crippen molar-refractivity contribution in [3.05, 3.63) is 11.8 Å². The van der Waals surface area contributed by atoms with Gasteiger partial charge in [0.25, 0.3) is 0 Å². The monoisotopic (exact) mass is 513 g/mol. The van der Waals surface area contributed by atoms with Crippen molar-refractivity contribution in [3.8, 4) is 0 Å². The summed E-state index contributed by atoms with van der Waals surface area (Å²) in [5.74, 6) is 0.494. The average Bonchev–Trinajstić information content (AvgIpc) is 3.31. The Morgan fingerprint density at radius 1 is 0.886 bits per heavy atom. The highest BCUT2D eigenvalue weighted by Crippen LogP contribution is 2.54. The van der Waals surface area contributed by atoms with Crippen molar-refractivity contribution >= 4 is 5.91 Å². The maximum Gasteiger partial charge on any atom is 0.522 e. The Balaban J connectivity index is 1.06. The lowest BCUT2D eigenvalue weighted by molar-refractivity contribution is -0.357. The number of amides is 1. The van der Waals surface area contributed by atoms with Crippen LogP contribution in [0, 0.1) is 17.8 Å². The van der Waals surface area contributed by atoms with Crippen LogP contribution >= 0.6 is 0 Å². The first-order valence-electron chi connectivity index (χ1n) is 11.6. The molecule has 5 fully saturated rings. The minimum Gasteiger partial charge on any atom is -0.425 e. The third-order valence-corrected chi connectivity index (χ3v) is 7.48. The van der Waals surface area contributed by atoms with Gasteiger partial charge < -0.3 is 14.5 Å². The number of alkyl halides is 6. The smallest absolute Gasteiger partial charge is 0.425 e. The summed E-state index contributed by atoms with van der Waals surface area (Å²) in [5, 5.41) is 11.1. The molecule has 196 valence electrons. The second-order valence-electron chi connectivity index (χ2n) is 9.94. The Hall–Kier alpha value is -1.93. The molecule has 6 rings (SSSR count). The quantitative estimate of drug-likeness (QED) is 0.502. The van der Waals surface area contributed by atoms with Gasteiger partial charge in [0.15, 0.2) is 0 Å². The van der Waals surface area contributed by atoms with Crippen molar-refractivity contribution < 1.29 is 49.8 Å². The number of rotatable bonds is 9. The molecule has 5 aliphatic carbocycles. The van der Waals surface area contributed by atoms with E-state index >= 15 is 0 Å². The summed E-state index contributed by atoms with van der Waals surface area (Å²) in [5.41, 5.74) is 0. The number of aromatic nitrogens is 2. The highest BCUT2D eigenvalue weighted by atomic mass is 19.4. The lowest BCUT2D eigenvalue weighted by atomic mass is 9.57. The summed E-state index contributed by atoms with van der Waals surface area (Å²) < 4.78 is 92.2. The minimum atomic E-state index is -4.67. The highest BCUT2D eigenvalue weighted by molar-refractivity contribution is 5.77. The summed E-state index contributed by atoms with van der Waals surface area (Å²) >= 11 is 0. The van der Waals surface area contributed by atoms with E-state index in [4.69, 9.17) is 9.15 Å². The number of carbonyl (C=O) groups excluding carboxylic acids is 1. The zero-order chi connectivity index (χ0) is 25.0. The number of hydrogen-bond donors (Lipinski definition) is 1. The molecule has 14 heteroatoms. The zero-order valence-corrected chi connectivity index (χ0v) is 18.5. The van der Waals surface area contributed by atoms with Gasteiger partial charge in [-0.05, 0) is 43.4 Å². The van der Waals surface area contributed by atoms with Gasteiger partial charge in [-0.25, -0.2) is 0 Å². The van der Waals surface area contributed by atoms with E-state index in [1.54, 1.807) is 0 Å². The summed E-state index contributed by atoms with van der Waals surface area (Å²) in [6.07, 6.45) is -7.67. The second kappa shape index (κ2) is 9.18. The molecule has 0 radical (unpaired) electrons. The Kier molecular flexibility index (Phi) is 6.49. The van der Waals surface area contributed by atoms with E-state index in [1.165, 1.54) is 0 Å². The van der Waals surface area contributed by atoms with Gasteiger partial charge in [-0.15, -0.1) is 36.5 Å². The number of hydrogen-bond acceptors (Lipinski definition) is 7. The normalized spacial score (nSPS) is 36.3. The maximum atomic E-state index is 12.4. The number of ether oxygens (including phenoxy) is 3. The molecule has 8 nitrogen and oxygen atoms in total. The molecule has 2 bridgehead atoms. The van der Waals surface area contributed by atoms with Crippen molar-refractivity contribution in [2.75, 3.05) is 13.2 Å². The predicted octanol–water partition coefficient (Wildman–Crippen LogP) is 3.79. The van der Waals surface area contributed by atoms with Gasteiger partial charge in [0.05, 0.1) is 18.8 Å². The van der Waals surface area contributed by atoms with Gasteiger partial charge >= 0.3 is 12.7 Å². The van der Waals surface area contributed by atoms with Gasteiger partial charge in [-0.3, -0.25) is 14.3 Å². The van der Waals surface area contributed by atoms with E-state index in [0.717, 1.165) is 12.8 Å². The van der Waals surface area contributed by atoms with Crippen molar-refractivity contribution in [2.24, 2.45) is 17.8 Å². The standard InChI is InChI=1S/C21H25F6N3O5/c22-20(23,24)33-7-11-3-14(11)18-29-30-19(34-18)15-6-16(10-1-9(15)2-10)28-17(31)8-32-12-4-13(5-12)35-21(25,26)27/h9-16H,1-8H2,(H,28,31)/t9?,10?,11-,12?,13?,14-,15-,16+/m1/s1. The molecular formula is C21H25F6N3O5. The van der Waals surface area contributed by atoms with Crippen molar-refractivity contribution in [2.45, 2.75) is 81.3 Å². The summed E-state index contributed by atoms with van der Waals surface area (Å²) in [6, 6.07) is -0.118. The zero-order valence-electron chi connectivity index (χ0n) is 18.5. The summed E-state index contributed by atoms with van der Waals surface area (Å²) in [6.45, 7) is -0.679. The fourth-order valence-corrected chi connectivity index (χ4v) is 5.37. The maximum absolute atomic E-state index is 12.4. The molecular weight excluding hydrogens is 488 g/mol. The molecule has 0 aromatic carbocycles. The third kappa shape index (κ3) is 6.08. The average molecular weight is 513 g/mol. The van der Waals surface area contributed by atoms with E-state index in [2.05, 4.69) is 25.0 Å². The van der Waals surface area contributed by atoms with E-state index in [9.17, 15) is 31.1 Å². The Labute approximate surface area is 196 Å². The van der Waals surface area contributed by atoms with E-state index in [-0.39, 0.29) is 49.2 Å². The molecule has 4 atom stereocenters. The number of halogens is 6. The Morgan fingerprint density at radius 2 is 1.57 bits per heavy atom. The fraction of sp³-hybridized carbons (Fsp3) is 0.857. The molecule has 0 saturated heterocycles. The lowest BCUT2D eigenvalue weighted by Crippen LogP contribution is -2.53. The van der Waals surface area contributed by atoms with Crippen LogP contribution in [0.3, 0.4) is 0 Å². The van der Waals surface area contributed by atoms with Crippen LogP contribution in [0.15, 0.2) is 4.42 Å². The third-order valence-electron chi connectivity index (χ3n) is 7.48. The number of carbonyl (C=O) groups is 1. The number of nitrogens with zero attached hydrogens (tertiary/aromatic N) is 2. The van der Waals surface area contributed by atoms with Gasteiger partial charge in [0.2, 0.25) is 17.7 Å². The Bertz CT molecular complexity index is 912. The van der Waals surface area contributed by atoms with E-state index in [1.807, 2.05) is 0 Å². The van der Waals surface area contributed by atoms with Crippen LogP contribution in [0.1, 0.15) is 62.1 Å². The van der Waals surface area contributed by atoms with Crippen LogP contribution in [-0.4, -0.2) is 60.3 Å². The molecule has 35 heavy (non-hydrogen) atoms. The molecule has 5 aliphatic rings. The molecule has 1 N–H and O–H groups in total. The van der Waals surface area contributed by atoms with Gasteiger partial charge in [0, 0.05) is 30.7 Å². The first kappa shape index (κ1) is 24.8. The van der Waals surface area contributed by atoms with E-state index in [0.29, 0.717) is 36.5 Å². The topological polar surface area (TPSA) is 95.7 Å². The Morgan fingerprint density at radius 3 is 2.23 bits per heavy atom. The number of nitrogens with one attached hydrogen (secondary N) is 1. The largest absolute Gasteiger partial charge is 0.522 e. The molecule has 1 aromatic heterocycles. The van der Waals surface area contributed by atoms with Crippen LogP contribution in [0.25, 0.3) is 0 Å². The predicted molar refractivity (Wildman–Crippen MR) is 103 cm³/mol. The van der Waals surface area contributed by atoms with Crippen LogP contribution in [-0.2, 0) is 19.0 Å². The van der Waals surface area contributed by atoms with E-state index < -0.39 is 31.5 Å². The summed E-state index contributed by atoms with van der Waals surface area (Å²) in [4.78, 5) is 12.4. The first-order chi connectivity index (χ1) is 16.4. The summed E-state index contributed by atoms with van der Waals surface area (Å²) in [7, 11) is 0. The number of fused-ring (bicyclic) bond motifs is 2. The van der Waals surface area contributed by atoms with Gasteiger partial charge in [-0.2, -0.15) is 0 Å². The van der Waals surface area contributed by atoms with Crippen LogP contribution in [0.5, 0.6) is 0 Å². The van der Waals surface area contributed by atoms with Crippen LogP contribution in [0.2, 0.25) is 0 Å². The van der Waals surface area contributed by atoms with Crippen molar-refractivity contribution in [3.63, 3.8) is 0 Å². The minimum absolute atomic E-state index is 0.0528. The van der Waals surface area contributed by atoms with Crippen molar-refractivity contribution in [1.29, 1.82) is 0 Å². The van der Waals surface area contributed by atoms with Gasteiger partial charge in [-0.1, -0.05) is 0 Å². The van der Waals surface area contributed by atoms with Gasteiger partial charge in [0.1, 0.15) is 6.61 Å². The highest BCUT2D eigenvalue weighted by Gasteiger charge is 2.50. The second-order valence-corrected chi connectivity index (χ2v) is 9.94. The molecule has 0 unspecified atom stereocenters. The fourth-order valence-electron chi connectivity index (χ4n) is 5.37. The van der Waals surface area contributed by atoms with Crippen LogP contribution < -0.4 is 5.32 Å². The van der Waals surface area contributed by atoms with Crippen molar-refractivity contribution in [1.82, 2.24) is 15.5 Å². The molecule has 0 spiro atoms. The SMILES string of the molecule is O=C(COC1CC(OC(F)(F)F)C1)N[C@H]1C[C@@H](c2nnc([C@@H]3C[C@@H]3COC(F)(F)F)o2)C2CC1C2. The molecule has 5 saturated carbocycles.